The molecule has 0 amide bonds. The lowest BCUT2D eigenvalue weighted by Crippen LogP contribution is -2.46. The van der Waals surface area contributed by atoms with Gasteiger partial charge in [0.05, 0.1) is 0 Å². The summed E-state index contributed by atoms with van der Waals surface area (Å²) in [6.07, 6.45) is 3.94. The summed E-state index contributed by atoms with van der Waals surface area (Å²) in [5.74, 6) is 0. The maximum atomic E-state index is 11.9. The second-order valence-corrected chi connectivity index (χ2v) is 11.5. The van der Waals surface area contributed by atoms with Gasteiger partial charge in [-0.1, -0.05) is 61.6 Å². The number of sulfone groups is 1. The summed E-state index contributed by atoms with van der Waals surface area (Å²) >= 11 is 0. The summed E-state index contributed by atoms with van der Waals surface area (Å²) in [6, 6.07) is 9.95. The van der Waals surface area contributed by atoms with Crippen molar-refractivity contribution in [3.8, 4) is 0 Å². The Labute approximate surface area is 105 Å². The predicted octanol–water partition coefficient (Wildman–Crippen LogP) is 2.48. The van der Waals surface area contributed by atoms with E-state index in [4.69, 9.17) is 0 Å². The third kappa shape index (κ3) is 3.29. The van der Waals surface area contributed by atoms with Crippen LogP contribution in [0.25, 0.3) is 0 Å². The van der Waals surface area contributed by atoms with E-state index in [1.807, 2.05) is 43.3 Å². The van der Waals surface area contributed by atoms with Gasteiger partial charge in [0.25, 0.3) is 0 Å². The number of rotatable bonds is 4. The molecule has 0 heterocycles. The Hall–Kier alpha value is -0.873. The van der Waals surface area contributed by atoms with Gasteiger partial charge in [-0.15, -0.1) is 0 Å². The van der Waals surface area contributed by atoms with Crippen molar-refractivity contribution >= 4 is 23.1 Å². The van der Waals surface area contributed by atoms with Crippen molar-refractivity contribution < 1.29 is 8.42 Å². The molecule has 17 heavy (non-hydrogen) atoms. The second-order valence-electron chi connectivity index (χ2n) is 4.74. The molecule has 0 spiro atoms. The van der Waals surface area contributed by atoms with Crippen LogP contribution in [0.5, 0.6) is 0 Å². The molecule has 1 aromatic carbocycles. The normalized spacial score (nSPS) is 13.8. The highest BCUT2D eigenvalue weighted by Crippen LogP contribution is 2.21. The van der Waals surface area contributed by atoms with Crippen LogP contribution in [0.2, 0.25) is 13.1 Å². The average Bonchev–Trinajstić information content (AvgIpc) is 2.25. The zero-order valence-electron chi connectivity index (χ0n) is 10.9. The van der Waals surface area contributed by atoms with E-state index in [-0.39, 0.29) is 0 Å². The molecule has 1 rings (SSSR count). The molecule has 4 heteroatoms. The molecular weight excluding hydrogens is 248 g/mol. The fourth-order valence-corrected chi connectivity index (χ4v) is 8.61. The van der Waals surface area contributed by atoms with Crippen molar-refractivity contribution in [2.45, 2.75) is 26.4 Å². The molecule has 94 valence electrons. The first-order valence-electron chi connectivity index (χ1n) is 5.76. The third-order valence-corrected chi connectivity index (χ3v) is 9.72. The minimum Gasteiger partial charge on any atom is -0.225 e. The lowest BCUT2D eigenvalue weighted by Gasteiger charge is -2.25. The van der Waals surface area contributed by atoms with Crippen LogP contribution in [0.15, 0.2) is 40.9 Å². The number of benzene rings is 1. The monoisotopic (exact) mass is 268 g/mol. The molecule has 0 aliphatic carbocycles. The highest BCUT2D eigenvalue weighted by atomic mass is 32.2. The fourth-order valence-electron chi connectivity index (χ4n) is 2.05. The zero-order chi connectivity index (χ0) is 13.1. The maximum Gasteiger partial charge on any atom is 0.167 e. The number of allylic oxidation sites excluding steroid dienone is 1. The number of hydrogen-bond acceptors (Lipinski definition) is 2. The molecule has 0 radical (unpaired) electrons. The van der Waals surface area contributed by atoms with Crippen molar-refractivity contribution in [3.05, 3.63) is 40.9 Å². The lowest BCUT2D eigenvalue weighted by molar-refractivity contribution is 0.609. The van der Waals surface area contributed by atoms with Gasteiger partial charge in [-0.2, -0.15) is 0 Å². The molecule has 0 saturated heterocycles. The quantitative estimate of drug-likeness (QED) is 0.786. The van der Waals surface area contributed by atoms with E-state index in [1.165, 1.54) is 6.26 Å². The first-order chi connectivity index (χ1) is 7.80. The van der Waals surface area contributed by atoms with E-state index >= 15 is 0 Å². The Morgan fingerprint density at radius 1 is 1.24 bits per heavy atom. The molecule has 0 saturated carbocycles. The van der Waals surface area contributed by atoms with Crippen LogP contribution in [0.4, 0.5) is 0 Å². The summed E-state index contributed by atoms with van der Waals surface area (Å²) in [5.41, 5.74) is 0. The van der Waals surface area contributed by atoms with Crippen molar-refractivity contribution in [2.24, 2.45) is 0 Å². The van der Waals surface area contributed by atoms with E-state index in [1.54, 1.807) is 0 Å². The lowest BCUT2D eigenvalue weighted by atomic mass is 10.4. The van der Waals surface area contributed by atoms with E-state index in [2.05, 4.69) is 13.1 Å². The Morgan fingerprint density at radius 2 is 1.76 bits per heavy atom. The van der Waals surface area contributed by atoms with Gasteiger partial charge in [-0.3, -0.25) is 0 Å². The summed E-state index contributed by atoms with van der Waals surface area (Å²) in [7, 11) is -5.20. The van der Waals surface area contributed by atoms with E-state index in [0.717, 1.165) is 11.6 Å². The molecule has 0 aliphatic heterocycles. The van der Waals surface area contributed by atoms with Crippen LogP contribution in [0, 0.1) is 0 Å². The minimum atomic E-state index is -3.11. The highest BCUT2D eigenvalue weighted by molar-refractivity contribution is 7.97. The molecule has 0 N–H and O–H groups in total. The first kappa shape index (κ1) is 14.2. The smallest absolute Gasteiger partial charge is 0.167 e. The van der Waals surface area contributed by atoms with Crippen LogP contribution in [-0.2, 0) is 9.84 Å². The highest BCUT2D eigenvalue weighted by Gasteiger charge is 2.33. The summed E-state index contributed by atoms with van der Waals surface area (Å²) in [6.45, 7) is 6.15. The van der Waals surface area contributed by atoms with E-state index < -0.39 is 17.9 Å². The molecule has 0 bridgehead atoms. The largest absolute Gasteiger partial charge is 0.225 e. The van der Waals surface area contributed by atoms with Gasteiger partial charge in [0.1, 0.15) is 8.07 Å². The number of hydrogen-bond donors (Lipinski definition) is 0. The predicted molar refractivity (Wildman–Crippen MR) is 76.8 cm³/mol. The molecule has 0 aliphatic rings. The average molecular weight is 268 g/mol. The minimum absolute atomic E-state index is 0.638. The summed E-state index contributed by atoms with van der Waals surface area (Å²) in [4.78, 5) is 0. The van der Waals surface area contributed by atoms with Crippen LogP contribution < -0.4 is 5.19 Å². The molecule has 0 atom stereocenters. The van der Waals surface area contributed by atoms with Gasteiger partial charge >= 0.3 is 0 Å². The SMILES string of the molecule is CC/C=C(/[Si](C)(C)c1ccccc1)S(C)(=O)=O. The van der Waals surface area contributed by atoms with Crippen LogP contribution in [0.1, 0.15) is 13.3 Å². The van der Waals surface area contributed by atoms with Crippen molar-refractivity contribution in [3.63, 3.8) is 0 Å². The summed E-state index contributed by atoms with van der Waals surface area (Å²) < 4.78 is 24.5. The van der Waals surface area contributed by atoms with E-state index in [0.29, 0.717) is 4.53 Å². The van der Waals surface area contributed by atoms with Crippen LogP contribution in [-0.4, -0.2) is 22.7 Å². The maximum absolute atomic E-state index is 11.9. The molecule has 0 fully saturated rings. The fraction of sp³-hybridized carbons (Fsp3) is 0.385. The van der Waals surface area contributed by atoms with Crippen molar-refractivity contribution in [1.29, 1.82) is 0 Å². The molecule has 0 aromatic heterocycles. The van der Waals surface area contributed by atoms with Gasteiger partial charge in [0, 0.05) is 10.8 Å². The van der Waals surface area contributed by atoms with E-state index in [9.17, 15) is 8.42 Å². The third-order valence-electron chi connectivity index (χ3n) is 2.90. The van der Waals surface area contributed by atoms with Crippen molar-refractivity contribution in [2.75, 3.05) is 6.26 Å². The van der Waals surface area contributed by atoms with Gasteiger partial charge in [0.2, 0.25) is 0 Å². The van der Waals surface area contributed by atoms with Crippen LogP contribution >= 0.6 is 0 Å². The molecule has 0 unspecified atom stereocenters. The Bertz CT molecular complexity index is 501. The van der Waals surface area contributed by atoms with Gasteiger partial charge < -0.3 is 0 Å². The summed E-state index contributed by atoms with van der Waals surface area (Å²) in [5, 5.41) is 1.16. The van der Waals surface area contributed by atoms with Gasteiger partial charge in [0.15, 0.2) is 9.84 Å². The Morgan fingerprint density at radius 3 is 2.18 bits per heavy atom. The molecular formula is C13H20O2SSi. The zero-order valence-corrected chi connectivity index (χ0v) is 12.7. The first-order valence-corrected chi connectivity index (χ1v) is 10.7. The Kier molecular flexibility index (Phi) is 4.33. The standard InChI is InChI=1S/C13H20O2SSi/c1-5-9-13(16(2,14)15)17(3,4)12-10-7-6-8-11-12/h6-11H,5H2,1-4H3/b13-9+. The van der Waals surface area contributed by atoms with Crippen molar-refractivity contribution in [1.82, 2.24) is 0 Å². The molecule has 1 aromatic rings. The van der Waals surface area contributed by atoms with Gasteiger partial charge in [-0.05, 0) is 6.42 Å². The van der Waals surface area contributed by atoms with Gasteiger partial charge in [-0.25, -0.2) is 8.42 Å². The topological polar surface area (TPSA) is 34.1 Å². The molecule has 2 nitrogen and oxygen atoms in total. The Balaban J connectivity index is 3.34. The van der Waals surface area contributed by atoms with Crippen LogP contribution in [0.3, 0.4) is 0 Å². The second kappa shape index (κ2) is 5.19.